The Bertz CT molecular complexity index is 351. The van der Waals surface area contributed by atoms with Gasteiger partial charge in [-0.1, -0.05) is 20.8 Å². The molecule has 2 atom stereocenters. The van der Waals surface area contributed by atoms with Crippen molar-refractivity contribution < 1.29 is 4.42 Å². The summed E-state index contributed by atoms with van der Waals surface area (Å²) in [5.41, 5.74) is 1.25. The van der Waals surface area contributed by atoms with Gasteiger partial charge in [0.2, 0.25) is 0 Å². The van der Waals surface area contributed by atoms with Crippen LogP contribution in [-0.2, 0) is 13.1 Å². The highest BCUT2D eigenvalue weighted by molar-refractivity contribution is 5.12. The normalized spacial score (nSPS) is 25.5. The predicted molar refractivity (Wildman–Crippen MR) is 74.3 cm³/mol. The van der Waals surface area contributed by atoms with Gasteiger partial charge in [0.1, 0.15) is 5.76 Å². The van der Waals surface area contributed by atoms with Crippen molar-refractivity contribution in [3.63, 3.8) is 0 Å². The Morgan fingerprint density at radius 2 is 2.06 bits per heavy atom. The van der Waals surface area contributed by atoms with E-state index in [1.807, 2.05) is 6.26 Å². The summed E-state index contributed by atoms with van der Waals surface area (Å²) in [6, 6.07) is 2.19. The van der Waals surface area contributed by atoms with Crippen LogP contribution in [0.5, 0.6) is 0 Å². The number of rotatable bonds is 5. The molecule has 1 aromatic heterocycles. The van der Waals surface area contributed by atoms with Crippen molar-refractivity contribution >= 4 is 0 Å². The molecule has 2 heterocycles. The van der Waals surface area contributed by atoms with Crippen LogP contribution in [0.25, 0.3) is 0 Å². The van der Waals surface area contributed by atoms with Crippen LogP contribution in [0.1, 0.15) is 38.5 Å². The summed E-state index contributed by atoms with van der Waals surface area (Å²) >= 11 is 0. The van der Waals surface area contributed by atoms with Crippen molar-refractivity contribution in [2.24, 2.45) is 11.8 Å². The quantitative estimate of drug-likeness (QED) is 0.871. The van der Waals surface area contributed by atoms with Crippen LogP contribution in [0.2, 0.25) is 0 Å². The standard InChI is InChI=1S/C15H26N2O/c1-4-16-7-14-6-15(18-11-14)10-17-8-12(2)5-13(3)9-17/h6,11-13,16H,4-5,7-10H2,1-3H3. The van der Waals surface area contributed by atoms with Gasteiger partial charge in [-0.05, 0) is 30.9 Å². The van der Waals surface area contributed by atoms with Crippen LogP contribution in [0, 0.1) is 11.8 Å². The zero-order valence-electron chi connectivity index (χ0n) is 11.9. The molecule has 0 saturated carbocycles. The highest BCUT2D eigenvalue weighted by atomic mass is 16.3. The minimum absolute atomic E-state index is 0.810. The smallest absolute Gasteiger partial charge is 0.118 e. The first kappa shape index (κ1) is 13.6. The fourth-order valence-electron chi connectivity index (χ4n) is 3.01. The Hall–Kier alpha value is -0.800. The second-order valence-electron chi connectivity index (χ2n) is 5.84. The maximum Gasteiger partial charge on any atom is 0.118 e. The molecule has 1 saturated heterocycles. The fraction of sp³-hybridized carbons (Fsp3) is 0.733. The summed E-state index contributed by atoms with van der Waals surface area (Å²) in [4.78, 5) is 2.52. The Balaban J connectivity index is 1.86. The van der Waals surface area contributed by atoms with Crippen molar-refractivity contribution in [1.29, 1.82) is 0 Å². The molecule has 0 radical (unpaired) electrons. The van der Waals surface area contributed by atoms with E-state index in [0.717, 1.165) is 37.2 Å². The van der Waals surface area contributed by atoms with Gasteiger partial charge in [0, 0.05) is 25.2 Å². The van der Waals surface area contributed by atoms with E-state index in [-0.39, 0.29) is 0 Å². The van der Waals surface area contributed by atoms with Crippen LogP contribution < -0.4 is 5.32 Å². The molecule has 0 amide bonds. The molecule has 0 aromatic carbocycles. The zero-order valence-corrected chi connectivity index (χ0v) is 11.9. The van der Waals surface area contributed by atoms with Crippen LogP contribution >= 0.6 is 0 Å². The van der Waals surface area contributed by atoms with Gasteiger partial charge in [0.05, 0.1) is 12.8 Å². The topological polar surface area (TPSA) is 28.4 Å². The number of hydrogen-bond acceptors (Lipinski definition) is 3. The average molecular weight is 250 g/mol. The molecule has 0 aliphatic carbocycles. The van der Waals surface area contributed by atoms with Crippen LogP contribution in [0.15, 0.2) is 16.7 Å². The summed E-state index contributed by atoms with van der Waals surface area (Å²) in [5.74, 6) is 2.72. The minimum Gasteiger partial charge on any atom is -0.468 e. The summed E-state index contributed by atoms with van der Waals surface area (Å²) in [6.45, 7) is 12.1. The molecule has 1 aliphatic heterocycles. The largest absolute Gasteiger partial charge is 0.468 e. The third kappa shape index (κ3) is 3.85. The molecule has 1 aliphatic rings. The van der Waals surface area contributed by atoms with E-state index >= 15 is 0 Å². The number of nitrogens with one attached hydrogen (secondary N) is 1. The van der Waals surface area contributed by atoms with E-state index < -0.39 is 0 Å². The molecule has 0 bridgehead atoms. The monoisotopic (exact) mass is 250 g/mol. The molecule has 18 heavy (non-hydrogen) atoms. The van der Waals surface area contributed by atoms with Gasteiger partial charge in [-0.25, -0.2) is 0 Å². The molecule has 3 nitrogen and oxygen atoms in total. The third-order valence-corrected chi connectivity index (χ3v) is 3.61. The van der Waals surface area contributed by atoms with E-state index in [0.29, 0.717) is 0 Å². The van der Waals surface area contributed by atoms with Gasteiger partial charge < -0.3 is 9.73 Å². The number of likely N-dealkylation sites (tertiary alicyclic amines) is 1. The second-order valence-corrected chi connectivity index (χ2v) is 5.84. The van der Waals surface area contributed by atoms with Crippen molar-refractivity contribution in [3.8, 4) is 0 Å². The van der Waals surface area contributed by atoms with Gasteiger partial charge in [-0.2, -0.15) is 0 Å². The summed E-state index contributed by atoms with van der Waals surface area (Å²) in [6.07, 6.45) is 3.25. The van der Waals surface area contributed by atoms with E-state index in [1.165, 1.54) is 25.1 Å². The Kier molecular flexibility index (Phi) is 4.84. The first-order valence-corrected chi connectivity index (χ1v) is 7.16. The number of nitrogens with zero attached hydrogens (tertiary/aromatic N) is 1. The maximum absolute atomic E-state index is 5.65. The van der Waals surface area contributed by atoms with E-state index in [2.05, 4.69) is 37.1 Å². The molecule has 1 fully saturated rings. The average Bonchev–Trinajstić information content (AvgIpc) is 2.72. The lowest BCUT2D eigenvalue weighted by Gasteiger charge is -2.34. The highest BCUT2D eigenvalue weighted by Gasteiger charge is 2.22. The molecular weight excluding hydrogens is 224 g/mol. The third-order valence-electron chi connectivity index (χ3n) is 3.61. The number of piperidine rings is 1. The van der Waals surface area contributed by atoms with Crippen LogP contribution in [-0.4, -0.2) is 24.5 Å². The lowest BCUT2D eigenvalue weighted by molar-refractivity contribution is 0.126. The van der Waals surface area contributed by atoms with E-state index in [4.69, 9.17) is 4.42 Å². The highest BCUT2D eigenvalue weighted by Crippen LogP contribution is 2.22. The van der Waals surface area contributed by atoms with Gasteiger partial charge in [-0.3, -0.25) is 4.90 Å². The lowest BCUT2D eigenvalue weighted by atomic mass is 9.92. The molecule has 3 heteroatoms. The van der Waals surface area contributed by atoms with Crippen molar-refractivity contribution in [1.82, 2.24) is 10.2 Å². The van der Waals surface area contributed by atoms with E-state index in [9.17, 15) is 0 Å². The molecule has 0 spiro atoms. The van der Waals surface area contributed by atoms with Gasteiger partial charge >= 0.3 is 0 Å². The Morgan fingerprint density at radius 3 is 2.72 bits per heavy atom. The minimum atomic E-state index is 0.810. The summed E-state index contributed by atoms with van der Waals surface area (Å²) in [7, 11) is 0. The molecule has 1 N–H and O–H groups in total. The predicted octanol–water partition coefficient (Wildman–Crippen LogP) is 2.87. The van der Waals surface area contributed by atoms with Gasteiger partial charge in [0.25, 0.3) is 0 Å². The summed E-state index contributed by atoms with van der Waals surface area (Å²) < 4.78 is 5.65. The maximum atomic E-state index is 5.65. The lowest BCUT2D eigenvalue weighted by Crippen LogP contribution is -2.37. The van der Waals surface area contributed by atoms with Crippen LogP contribution in [0.4, 0.5) is 0 Å². The first-order valence-electron chi connectivity index (χ1n) is 7.16. The van der Waals surface area contributed by atoms with Gasteiger partial charge in [0.15, 0.2) is 0 Å². The van der Waals surface area contributed by atoms with Crippen molar-refractivity contribution in [3.05, 3.63) is 23.7 Å². The Morgan fingerprint density at radius 1 is 1.33 bits per heavy atom. The fourth-order valence-corrected chi connectivity index (χ4v) is 3.01. The molecule has 2 rings (SSSR count). The summed E-state index contributed by atoms with van der Waals surface area (Å²) in [5, 5.41) is 3.32. The first-order chi connectivity index (χ1) is 8.67. The van der Waals surface area contributed by atoms with Crippen molar-refractivity contribution in [2.45, 2.75) is 40.3 Å². The molecule has 2 unspecified atom stereocenters. The van der Waals surface area contributed by atoms with Crippen LogP contribution in [0.3, 0.4) is 0 Å². The number of hydrogen-bond donors (Lipinski definition) is 1. The molecule has 102 valence electrons. The van der Waals surface area contributed by atoms with Gasteiger partial charge in [-0.15, -0.1) is 0 Å². The SMILES string of the molecule is CCNCc1coc(CN2CC(C)CC(C)C2)c1. The second kappa shape index (κ2) is 6.39. The molecular formula is C15H26N2O. The van der Waals surface area contributed by atoms with Crippen molar-refractivity contribution in [2.75, 3.05) is 19.6 Å². The van der Waals surface area contributed by atoms with E-state index in [1.54, 1.807) is 0 Å². The molecule has 1 aromatic rings. The zero-order chi connectivity index (χ0) is 13.0. The Labute approximate surface area is 111 Å². The number of furan rings is 1.